The fourth-order valence-corrected chi connectivity index (χ4v) is 6.44. The zero-order chi connectivity index (χ0) is 28.0. The molecule has 0 spiro atoms. The van der Waals surface area contributed by atoms with Crippen LogP contribution >= 0.6 is 11.3 Å². The molecule has 10 heteroatoms. The monoisotopic (exact) mass is 555 g/mol. The van der Waals surface area contributed by atoms with Gasteiger partial charge in [0.2, 0.25) is 0 Å². The lowest BCUT2D eigenvalue weighted by Crippen LogP contribution is -2.38. The van der Waals surface area contributed by atoms with E-state index in [1.807, 2.05) is 30.3 Å². The van der Waals surface area contributed by atoms with Gasteiger partial charge in [-0.1, -0.05) is 47.7 Å². The van der Waals surface area contributed by atoms with Gasteiger partial charge in [0.1, 0.15) is 0 Å². The molecule has 0 fully saturated rings. The largest absolute Gasteiger partial charge is 0.493 e. The summed E-state index contributed by atoms with van der Waals surface area (Å²) in [5.41, 5.74) is 5.26. The maximum Gasteiger partial charge on any atom is 0.311 e. The van der Waals surface area contributed by atoms with Crippen LogP contribution in [-0.2, 0) is 6.42 Å². The Morgan fingerprint density at radius 2 is 1.73 bits per heavy atom. The number of allylic oxidation sites excluding steroid dienone is 1. The zero-order valence-corrected chi connectivity index (χ0v) is 22.9. The van der Waals surface area contributed by atoms with Crippen molar-refractivity contribution in [2.24, 2.45) is 4.99 Å². The highest BCUT2D eigenvalue weighted by molar-refractivity contribution is 7.07. The number of nitrogens with zero attached hydrogens (tertiary/aromatic N) is 3. The number of ether oxygens (including phenoxy) is 3. The number of hydrogen-bond donors (Lipinski definition) is 0. The van der Waals surface area contributed by atoms with Gasteiger partial charge in [0.15, 0.2) is 22.0 Å². The third kappa shape index (κ3) is 4.17. The number of nitro benzene ring substituents is 1. The predicted octanol–water partition coefficient (Wildman–Crippen LogP) is 4.25. The van der Waals surface area contributed by atoms with Crippen LogP contribution in [0.3, 0.4) is 0 Å². The lowest BCUT2D eigenvalue weighted by Gasteiger charge is -2.31. The molecule has 1 aromatic heterocycles. The number of nitro groups is 1. The minimum Gasteiger partial charge on any atom is -0.493 e. The second kappa shape index (κ2) is 10.1. The molecule has 0 saturated heterocycles. The Morgan fingerprint density at radius 3 is 2.48 bits per heavy atom. The first kappa shape index (κ1) is 25.6. The maximum atomic E-state index is 14.0. The number of methoxy groups -OCH3 is 3. The van der Waals surface area contributed by atoms with Crippen molar-refractivity contribution >= 4 is 28.8 Å². The van der Waals surface area contributed by atoms with Gasteiger partial charge in [-0.2, -0.15) is 0 Å². The van der Waals surface area contributed by atoms with Crippen LogP contribution in [-0.4, -0.2) is 30.8 Å². The molecule has 6 rings (SSSR count). The van der Waals surface area contributed by atoms with Gasteiger partial charge >= 0.3 is 5.69 Å². The number of thiazole rings is 1. The van der Waals surface area contributed by atoms with Gasteiger partial charge in [0, 0.05) is 11.6 Å². The molecule has 0 saturated carbocycles. The summed E-state index contributed by atoms with van der Waals surface area (Å²) in [4.78, 5) is 30.6. The summed E-state index contributed by atoms with van der Waals surface area (Å²) in [5.74, 6) is 1.33. The number of aryl methyl sites for hydroxylation is 1. The van der Waals surface area contributed by atoms with Crippen molar-refractivity contribution in [2.75, 3.05) is 21.3 Å². The molecule has 2 heterocycles. The molecule has 1 aliphatic carbocycles. The normalized spacial score (nSPS) is 16.0. The first-order valence-corrected chi connectivity index (χ1v) is 13.4. The van der Waals surface area contributed by atoms with Crippen molar-refractivity contribution in [1.29, 1.82) is 0 Å². The van der Waals surface area contributed by atoms with Crippen LogP contribution in [0, 0.1) is 10.1 Å². The summed E-state index contributed by atoms with van der Waals surface area (Å²) in [6.07, 6.45) is 3.26. The number of aromatic nitrogens is 1. The highest BCUT2D eigenvalue weighted by Crippen LogP contribution is 2.42. The second-order valence-corrected chi connectivity index (χ2v) is 10.4. The zero-order valence-electron chi connectivity index (χ0n) is 22.0. The fraction of sp³-hybridized carbons (Fsp3) is 0.200. The first-order chi connectivity index (χ1) is 19.4. The Kier molecular flexibility index (Phi) is 6.47. The van der Waals surface area contributed by atoms with Gasteiger partial charge in [0.25, 0.3) is 5.56 Å². The van der Waals surface area contributed by atoms with Crippen molar-refractivity contribution in [3.63, 3.8) is 0 Å². The molecule has 40 heavy (non-hydrogen) atoms. The summed E-state index contributed by atoms with van der Waals surface area (Å²) in [6.45, 7) is 0. The highest BCUT2D eigenvalue weighted by atomic mass is 32.1. The minimum atomic E-state index is -0.500. The van der Waals surface area contributed by atoms with Crippen molar-refractivity contribution < 1.29 is 19.1 Å². The molecule has 9 nitrogen and oxygen atoms in total. The summed E-state index contributed by atoms with van der Waals surface area (Å²) < 4.78 is 18.3. The van der Waals surface area contributed by atoms with Crippen LogP contribution in [0.1, 0.15) is 34.7 Å². The average Bonchev–Trinajstić information content (AvgIpc) is 3.29. The van der Waals surface area contributed by atoms with Gasteiger partial charge in [-0.25, -0.2) is 4.99 Å². The third-order valence-corrected chi connectivity index (χ3v) is 8.28. The lowest BCUT2D eigenvalue weighted by molar-refractivity contribution is -0.385. The summed E-state index contributed by atoms with van der Waals surface area (Å²) >= 11 is 1.26. The summed E-state index contributed by atoms with van der Waals surface area (Å²) in [7, 11) is 4.56. The standard InChI is InChI=1S/C30H25N3O6S/c1-37-23-12-8-17(14-22(23)33(35)36)15-26-29(34)32-28(19-10-13-24(38-2)25(16-19)39-3)21-11-9-18-6-4-5-7-20(18)27(21)31-30(32)40-26/h4-8,10,12-16,28H,9,11H2,1-3H3/b26-15-/t28-/m1/s1. The van der Waals surface area contributed by atoms with Crippen LogP contribution in [0.5, 0.6) is 17.2 Å². The molecule has 4 aromatic rings. The van der Waals surface area contributed by atoms with E-state index in [1.54, 1.807) is 30.9 Å². The molecule has 0 unspecified atom stereocenters. The molecule has 1 atom stereocenters. The Hall–Kier alpha value is -4.70. The Labute approximate surface area is 233 Å². The molecule has 202 valence electrons. The van der Waals surface area contributed by atoms with Gasteiger partial charge in [-0.15, -0.1) is 0 Å². The van der Waals surface area contributed by atoms with E-state index >= 15 is 0 Å². The van der Waals surface area contributed by atoms with Crippen molar-refractivity contribution in [1.82, 2.24) is 4.57 Å². The van der Waals surface area contributed by atoms with Crippen LogP contribution in [0.4, 0.5) is 5.69 Å². The minimum absolute atomic E-state index is 0.156. The van der Waals surface area contributed by atoms with E-state index in [4.69, 9.17) is 19.2 Å². The van der Waals surface area contributed by atoms with Gasteiger partial charge in [-0.05, 0) is 59.4 Å². The molecule has 0 amide bonds. The Morgan fingerprint density at radius 1 is 0.975 bits per heavy atom. The molecule has 0 radical (unpaired) electrons. The van der Waals surface area contributed by atoms with Crippen LogP contribution in [0.25, 0.3) is 11.8 Å². The van der Waals surface area contributed by atoms with Gasteiger partial charge in [0.05, 0.1) is 42.5 Å². The number of benzene rings is 3. The van der Waals surface area contributed by atoms with Crippen LogP contribution in [0.2, 0.25) is 0 Å². The Bertz CT molecular complexity index is 1890. The van der Waals surface area contributed by atoms with Gasteiger partial charge < -0.3 is 14.2 Å². The smallest absolute Gasteiger partial charge is 0.311 e. The van der Waals surface area contributed by atoms with E-state index in [9.17, 15) is 14.9 Å². The Balaban J connectivity index is 1.59. The SMILES string of the molecule is COc1ccc([C@@H]2C3=C(N=c4s/c(=C\c5ccc(OC)c([N+](=O)[O-])c5)c(=O)n42)c2ccccc2CC3)cc1OC. The third-order valence-electron chi connectivity index (χ3n) is 7.29. The summed E-state index contributed by atoms with van der Waals surface area (Å²) in [6, 6.07) is 18.2. The molecular formula is C30H25N3O6S. The van der Waals surface area contributed by atoms with Crippen LogP contribution in [0.15, 0.2) is 76.0 Å². The average molecular weight is 556 g/mol. The van der Waals surface area contributed by atoms with E-state index in [2.05, 4.69) is 12.1 Å². The molecule has 0 N–H and O–H groups in total. The predicted molar refractivity (Wildman–Crippen MR) is 152 cm³/mol. The molecular weight excluding hydrogens is 530 g/mol. The molecule has 3 aromatic carbocycles. The van der Waals surface area contributed by atoms with Gasteiger partial charge in [-0.3, -0.25) is 19.5 Å². The van der Waals surface area contributed by atoms with Crippen molar-refractivity contribution in [3.8, 4) is 17.2 Å². The topological polar surface area (TPSA) is 105 Å². The quantitative estimate of drug-likeness (QED) is 0.260. The van der Waals surface area contributed by atoms with Crippen LogP contribution < -0.4 is 29.1 Å². The van der Waals surface area contributed by atoms with E-state index in [1.165, 1.54) is 36.1 Å². The van der Waals surface area contributed by atoms with E-state index < -0.39 is 11.0 Å². The number of rotatable bonds is 6. The highest BCUT2D eigenvalue weighted by Gasteiger charge is 2.33. The molecule has 0 bridgehead atoms. The summed E-state index contributed by atoms with van der Waals surface area (Å²) in [5, 5.41) is 11.6. The second-order valence-electron chi connectivity index (χ2n) is 9.42. The van der Waals surface area contributed by atoms with E-state index in [0.29, 0.717) is 26.4 Å². The van der Waals surface area contributed by atoms with Crippen molar-refractivity contribution in [2.45, 2.75) is 18.9 Å². The maximum absolute atomic E-state index is 14.0. The first-order valence-electron chi connectivity index (χ1n) is 12.6. The number of hydrogen-bond acceptors (Lipinski definition) is 8. The van der Waals surface area contributed by atoms with E-state index in [-0.39, 0.29) is 17.0 Å². The lowest BCUT2D eigenvalue weighted by atomic mass is 9.83. The molecule has 1 aliphatic heterocycles. The van der Waals surface area contributed by atoms with E-state index in [0.717, 1.165) is 35.2 Å². The van der Waals surface area contributed by atoms with Crippen molar-refractivity contribution in [3.05, 3.63) is 118 Å². The fourth-order valence-electron chi connectivity index (χ4n) is 5.44. The number of fused-ring (bicyclic) bond motifs is 3. The molecule has 2 aliphatic rings.